The van der Waals surface area contributed by atoms with E-state index >= 15 is 0 Å². The predicted octanol–water partition coefficient (Wildman–Crippen LogP) is 5.42. The summed E-state index contributed by atoms with van der Waals surface area (Å²) < 4.78 is 7.82. The van der Waals surface area contributed by atoms with E-state index in [0.717, 1.165) is 34.0 Å². The first kappa shape index (κ1) is 18.8. The summed E-state index contributed by atoms with van der Waals surface area (Å²) >= 11 is 0. The van der Waals surface area contributed by atoms with Gasteiger partial charge in [0.25, 0.3) is 0 Å². The molecule has 0 saturated heterocycles. The molecule has 2 heterocycles. The van der Waals surface area contributed by atoms with Gasteiger partial charge in [0.05, 0.1) is 18.5 Å². The van der Waals surface area contributed by atoms with Gasteiger partial charge in [0, 0.05) is 23.6 Å². The van der Waals surface area contributed by atoms with Gasteiger partial charge in [-0.05, 0) is 42.0 Å². The van der Waals surface area contributed by atoms with Crippen LogP contribution in [0.4, 0.5) is 11.5 Å². The number of anilines is 2. The standard InChI is InChI=1S/C25H20N4O2/c30-17-18-6-4-5-9-22(18)23-16-27-25-24(26-14-15-29(23)25)28-19-10-12-21(13-11-19)31-20-7-2-1-3-8-20/h1-16,30H,17H2,(H,26,28). The Labute approximate surface area is 179 Å². The van der Waals surface area contributed by atoms with Gasteiger partial charge in [0.1, 0.15) is 11.5 Å². The predicted molar refractivity (Wildman–Crippen MR) is 121 cm³/mol. The second-order valence-electron chi connectivity index (χ2n) is 6.99. The van der Waals surface area contributed by atoms with Gasteiger partial charge in [0.15, 0.2) is 11.5 Å². The Morgan fingerprint density at radius 2 is 1.58 bits per heavy atom. The summed E-state index contributed by atoms with van der Waals surface area (Å²) in [6, 6.07) is 25.1. The molecule has 31 heavy (non-hydrogen) atoms. The maximum absolute atomic E-state index is 9.69. The number of hydrogen-bond donors (Lipinski definition) is 2. The molecule has 0 amide bonds. The van der Waals surface area contributed by atoms with Gasteiger partial charge < -0.3 is 15.2 Å². The average molecular weight is 408 g/mol. The Balaban J connectivity index is 1.42. The fourth-order valence-electron chi connectivity index (χ4n) is 3.48. The molecule has 0 saturated carbocycles. The number of imidazole rings is 1. The number of aliphatic hydroxyl groups excluding tert-OH is 1. The molecule has 152 valence electrons. The van der Waals surface area contributed by atoms with Crippen molar-refractivity contribution in [2.24, 2.45) is 0 Å². The Kier molecular flexibility index (Phi) is 5.04. The van der Waals surface area contributed by atoms with Crippen LogP contribution in [0.25, 0.3) is 16.9 Å². The van der Waals surface area contributed by atoms with Crippen LogP contribution in [0.3, 0.4) is 0 Å². The van der Waals surface area contributed by atoms with Crippen molar-refractivity contribution in [2.45, 2.75) is 6.61 Å². The highest BCUT2D eigenvalue weighted by molar-refractivity contribution is 5.75. The topological polar surface area (TPSA) is 71.7 Å². The fraction of sp³-hybridized carbons (Fsp3) is 0.0400. The number of ether oxygens (including phenoxy) is 1. The molecule has 2 N–H and O–H groups in total. The highest BCUT2D eigenvalue weighted by atomic mass is 16.5. The third kappa shape index (κ3) is 3.84. The Morgan fingerprint density at radius 3 is 2.39 bits per heavy atom. The summed E-state index contributed by atoms with van der Waals surface area (Å²) in [5, 5.41) is 13.0. The van der Waals surface area contributed by atoms with Crippen LogP contribution in [0, 0.1) is 0 Å². The van der Waals surface area contributed by atoms with Crippen molar-refractivity contribution < 1.29 is 9.84 Å². The molecular formula is C25H20N4O2. The van der Waals surface area contributed by atoms with Crippen molar-refractivity contribution >= 4 is 17.2 Å². The van der Waals surface area contributed by atoms with Gasteiger partial charge in [-0.1, -0.05) is 42.5 Å². The van der Waals surface area contributed by atoms with Crippen molar-refractivity contribution in [3.63, 3.8) is 0 Å². The molecule has 0 radical (unpaired) electrons. The quantitative estimate of drug-likeness (QED) is 0.392. The van der Waals surface area contributed by atoms with Crippen LogP contribution in [-0.2, 0) is 6.61 Å². The van der Waals surface area contributed by atoms with E-state index in [9.17, 15) is 5.11 Å². The van der Waals surface area contributed by atoms with E-state index in [1.165, 1.54) is 0 Å². The molecule has 0 atom stereocenters. The van der Waals surface area contributed by atoms with Gasteiger partial charge in [-0.25, -0.2) is 9.97 Å². The molecule has 6 nitrogen and oxygen atoms in total. The lowest BCUT2D eigenvalue weighted by Gasteiger charge is -2.10. The minimum Gasteiger partial charge on any atom is -0.457 e. The third-order valence-electron chi connectivity index (χ3n) is 4.99. The van der Waals surface area contributed by atoms with E-state index in [1.54, 1.807) is 12.4 Å². The lowest BCUT2D eigenvalue weighted by molar-refractivity contribution is 0.282. The SMILES string of the molecule is OCc1ccccc1-c1cnc2c(Nc3ccc(Oc4ccccc4)cc3)nccn12. The number of hydrogen-bond acceptors (Lipinski definition) is 5. The normalized spacial score (nSPS) is 10.9. The minimum atomic E-state index is -0.0308. The maximum atomic E-state index is 9.69. The second kappa shape index (κ2) is 8.30. The summed E-state index contributed by atoms with van der Waals surface area (Å²) in [4.78, 5) is 9.04. The molecule has 5 rings (SSSR count). The monoisotopic (exact) mass is 408 g/mol. The first-order valence-corrected chi connectivity index (χ1v) is 9.93. The van der Waals surface area contributed by atoms with Crippen LogP contribution in [0.5, 0.6) is 11.5 Å². The molecule has 6 heteroatoms. The molecule has 0 bridgehead atoms. The van der Waals surface area contributed by atoms with E-state index in [-0.39, 0.29) is 6.61 Å². The summed E-state index contributed by atoms with van der Waals surface area (Å²) in [7, 11) is 0. The van der Waals surface area contributed by atoms with E-state index in [4.69, 9.17) is 4.74 Å². The Bertz CT molecular complexity index is 1310. The number of aromatic nitrogens is 3. The molecule has 0 spiro atoms. The number of rotatable bonds is 6. The molecular weight excluding hydrogens is 388 g/mol. The van der Waals surface area contributed by atoms with E-state index in [2.05, 4.69) is 15.3 Å². The largest absolute Gasteiger partial charge is 0.457 e. The number of benzene rings is 3. The number of nitrogens with one attached hydrogen (secondary N) is 1. The first-order chi connectivity index (χ1) is 15.3. The van der Waals surface area contributed by atoms with Crippen molar-refractivity contribution in [3.05, 3.63) is 103 Å². The van der Waals surface area contributed by atoms with E-state index in [0.29, 0.717) is 11.5 Å². The average Bonchev–Trinajstić information content (AvgIpc) is 3.26. The minimum absolute atomic E-state index is 0.0308. The summed E-state index contributed by atoms with van der Waals surface area (Å²) in [6.45, 7) is -0.0308. The smallest absolute Gasteiger partial charge is 0.180 e. The molecule has 0 aliphatic rings. The highest BCUT2D eigenvalue weighted by Gasteiger charge is 2.13. The Hall–Kier alpha value is -4.16. The van der Waals surface area contributed by atoms with Gasteiger partial charge in [-0.3, -0.25) is 4.40 Å². The number of fused-ring (bicyclic) bond motifs is 1. The van der Waals surface area contributed by atoms with E-state index < -0.39 is 0 Å². The molecule has 3 aromatic carbocycles. The lowest BCUT2D eigenvalue weighted by atomic mass is 10.1. The van der Waals surface area contributed by atoms with E-state index in [1.807, 2.05) is 89.5 Å². The van der Waals surface area contributed by atoms with Gasteiger partial charge in [-0.2, -0.15) is 0 Å². The highest BCUT2D eigenvalue weighted by Crippen LogP contribution is 2.28. The molecule has 0 fully saturated rings. The molecule has 0 aliphatic carbocycles. The van der Waals surface area contributed by atoms with Gasteiger partial charge >= 0.3 is 0 Å². The summed E-state index contributed by atoms with van der Waals surface area (Å²) in [5.41, 5.74) is 4.27. The molecule has 5 aromatic rings. The second-order valence-corrected chi connectivity index (χ2v) is 6.99. The van der Waals surface area contributed by atoms with Crippen LogP contribution >= 0.6 is 0 Å². The Morgan fingerprint density at radius 1 is 0.839 bits per heavy atom. The van der Waals surface area contributed by atoms with Crippen LogP contribution < -0.4 is 10.1 Å². The van der Waals surface area contributed by atoms with Gasteiger partial charge in [-0.15, -0.1) is 0 Å². The molecule has 2 aromatic heterocycles. The third-order valence-corrected chi connectivity index (χ3v) is 4.99. The number of aliphatic hydroxyl groups is 1. The molecule has 0 unspecified atom stereocenters. The van der Waals surface area contributed by atoms with Crippen LogP contribution in [-0.4, -0.2) is 19.5 Å². The maximum Gasteiger partial charge on any atom is 0.180 e. The first-order valence-electron chi connectivity index (χ1n) is 9.93. The zero-order chi connectivity index (χ0) is 21.0. The van der Waals surface area contributed by atoms with Crippen molar-refractivity contribution in [1.29, 1.82) is 0 Å². The zero-order valence-corrected chi connectivity index (χ0v) is 16.6. The van der Waals surface area contributed by atoms with Crippen LogP contribution in [0.2, 0.25) is 0 Å². The van der Waals surface area contributed by atoms with Crippen LogP contribution in [0.15, 0.2) is 97.5 Å². The van der Waals surface area contributed by atoms with Gasteiger partial charge in [0.2, 0.25) is 0 Å². The number of nitrogens with zero attached hydrogens (tertiary/aromatic N) is 3. The zero-order valence-electron chi connectivity index (χ0n) is 16.6. The van der Waals surface area contributed by atoms with Crippen molar-refractivity contribution in [3.8, 4) is 22.8 Å². The number of para-hydroxylation sites is 1. The van der Waals surface area contributed by atoms with Crippen LogP contribution in [0.1, 0.15) is 5.56 Å². The van der Waals surface area contributed by atoms with Crippen molar-refractivity contribution in [1.82, 2.24) is 14.4 Å². The summed E-state index contributed by atoms with van der Waals surface area (Å²) in [6.07, 6.45) is 5.40. The lowest BCUT2D eigenvalue weighted by Crippen LogP contribution is -1.99. The molecule has 0 aliphatic heterocycles. The fourth-order valence-corrected chi connectivity index (χ4v) is 3.48. The van der Waals surface area contributed by atoms with Crippen molar-refractivity contribution in [2.75, 3.05) is 5.32 Å². The summed E-state index contributed by atoms with van der Waals surface area (Å²) in [5.74, 6) is 2.20.